The summed E-state index contributed by atoms with van der Waals surface area (Å²) in [4.78, 5) is 25.3. The van der Waals surface area contributed by atoms with Gasteiger partial charge in [0.25, 0.3) is 11.8 Å². The van der Waals surface area contributed by atoms with E-state index in [1.54, 1.807) is 18.2 Å². The molecule has 1 aromatic carbocycles. The second kappa shape index (κ2) is 7.56. The Balaban J connectivity index is 2.40. The Kier molecular flexibility index (Phi) is 5.97. The quantitative estimate of drug-likeness (QED) is 0.665. The second-order valence-corrected chi connectivity index (χ2v) is 10.6. The van der Waals surface area contributed by atoms with Crippen molar-refractivity contribution in [2.45, 2.75) is 26.3 Å². The number of carbonyl (C=O) groups excluding carboxylic acids is 2. The van der Waals surface area contributed by atoms with E-state index >= 15 is 0 Å². The first-order valence-electron chi connectivity index (χ1n) is 8.24. The predicted molar refractivity (Wildman–Crippen MR) is 99.1 cm³/mol. The molecule has 1 fully saturated rings. The largest absolute Gasteiger partial charge is 0.308 e. The van der Waals surface area contributed by atoms with E-state index in [4.69, 9.17) is 0 Å². The molecule has 0 bridgehead atoms. The van der Waals surface area contributed by atoms with Gasteiger partial charge in [0.15, 0.2) is 0 Å². The highest BCUT2D eigenvalue weighted by Crippen LogP contribution is 2.27. The van der Waals surface area contributed by atoms with E-state index < -0.39 is 44.8 Å². The van der Waals surface area contributed by atoms with Gasteiger partial charge in [-0.05, 0) is 24.5 Å². The average Bonchev–Trinajstić information content (AvgIpc) is 2.72. The summed E-state index contributed by atoms with van der Waals surface area (Å²) in [6.07, 6.45) is 1.08. The molecule has 2 amide bonds. The SMILES string of the molecule is CC(C)CC1C(=O)N(CN(C(=O)c2ccccc2)S(C)(=O)=O)S(=O)(=O)N1C. The van der Waals surface area contributed by atoms with Gasteiger partial charge in [-0.1, -0.05) is 32.0 Å². The molecule has 9 nitrogen and oxygen atoms in total. The van der Waals surface area contributed by atoms with Gasteiger partial charge < -0.3 is 0 Å². The topological polar surface area (TPSA) is 112 Å². The molecular weight excluding hydrogens is 394 g/mol. The lowest BCUT2D eigenvalue weighted by molar-refractivity contribution is -0.128. The average molecular weight is 418 g/mol. The first kappa shape index (κ1) is 21.3. The molecule has 2 rings (SSSR count). The number of hydrogen-bond donors (Lipinski definition) is 0. The van der Waals surface area contributed by atoms with E-state index in [0.29, 0.717) is 8.61 Å². The maximum absolute atomic E-state index is 12.7. The molecule has 0 aliphatic carbocycles. The molecule has 1 heterocycles. The van der Waals surface area contributed by atoms with Crippen molar-refractivity contribution in [3.8, 4) is 0 Å². The molecule has 1 aliphatic heterocycles. The zero-order chi connectivity index (χ0) is 20.6. The first-order chi connectivity index (χ1) is 12.4. The van der Waals surface area contributed by atoms with Gasteiger partial charge in [0.1, 0.15) is 12.7 Å². The van der Waals surface area contributed by atoms with E-state index in [0.717, 1.165) is 10.6 Å². The number of nitrogens with zero attached hydrogens (tertiary/aromatic N) is 3. The maximum Gasteiger partial charge on any atom is 0.308 e. The van der Waals surface area contributed by atoms with Crippen LogP contribution in [0.2, 0.25) is 0 Å². The molecule has 1 saturated heterocycles. The minimum Gasteiger partial charge on any atom is -0.272 e. The lowest BCUT2D eigenvalue weighted by atomic mass is 10.0. The van der Waals surface area contributed by atoms with Crippen LogP contribution in [0.1, 0.15) is 30.6 Å². The number of carbonyl (C=O) groups is 2. The lowest BCUT2D eigenvalue weighted by Crippen LogP contribution is -2.47. The van der Waals surface area contributed by atoms with E-state index in [-0.39, 0.29) is 17.9 Å². The minimum absolute atomic E-state index is 0.0495. The van der Waals surface area contributed by atoms with Gasteiger partial charge in [-0.2, -0.15) is 12.7 Å². The van der Waals surface area contributed by atoms with E-state index in [1.165, 1.54) is 19.2 Å². The van der Waals surface area contributed by atoms with Crippen molar-refractivity contribution in [3.63, 3.8) is 0 Å². The van der Waals surface area contributed by atoms with Crippen molar-refractivity contribution < 1.29 is 26.4 Å². The highest BCUT2D eigenvalue weighted by Gasteiger charge is 2.50. The number of rotatable bonds is 6. The van der Waals surface area contributed by atoms with E-state index in [2.05, 4.69) is 0 Å². The van der Waals surface area contributed by atoms with Gasteiger partial charge in [-0.25, -0.2) is 17.0 Å². The third kappa shape index (κ3) is 4.30. The van der Waals surface area contributed by atoms with Gasteiger partial charge >= 0.3 is 10.2 Å². The Labute approximate surface area is 159 Å². The minimum atomic E-state index is -4.22. The summed E-state index contributed by atoms with van der Waals surface area (Å²) in [5, 5.41) is 0. The van der Waals surface area contributed by atoms with Gasteiger partial charge in [-0.15, -0.1) is 0 Å². The Hall–Kier alpha value is -1.98. The molecule has 11 heteroatoms. The summed E-state index contributed by atoms with van der Waals surface area (Å²) in [5.41, 5.74) is 0.0686. The number of likely N-dealkylation sites (N-methyl/N-ethyl adjacent to an activating group) is 1. The van der Waals surface area contributed by atoms with Crippen LogP contribution >= 0.6 is 0 Å². The molecule has 150 valence electrons. The number of benzene rings is 1. The normalized spacial score (nSPS) is 20.3. The molecule has 1 aliphatic rings. The van der Waals surface area contributed by atoms with Crippen LogP contribution in [0.15, 0.2) is 30.3 Å². The Morgan fingerprint density at radius 2 is 1.78 bits per heavy atom. The Bertz CT molecular complexity index is 928. The maximum atomic E-state index is 12.7. The fourth-order valence-electron chi connectivity index (χ4n) is 2.75. The van der Waals surface area contributed by atoms with Gasteiger partial charge in [0, 0.05) is 12.6 Å². The highest BCUT2D eigenvalue weighted by atomic mass is 32.2. The summed E-state index contributed by atoms with van der Waals surface area (Å²) >= 11 is 0. The number of hydrogen-bond acceptors (Lipinski definition) is 6. The van der Waals surface area contributed by atoms with Crippen molar-refractivity contribution in [2.24, 2.45) is 5.92 Å². The zero-order valence-corrected chi connectivity index (χ0v) is 17.2. The van der Waals surface area contributed by atoms with E-state index in [9.17, 15) is 26.4 Å². The summed E-state index contributed by atoms with van der Waals surface area (Å²) in [6.45, 7) is 2.79. The third-order valence-electron chi connectivity index (χ3n) is 4.21. The van der Waals surface area contributed by atoms with Crippen LogP contribution in [0.5, 0.6) is 0 Å². The molecule has 0 aromatic heterocycles. The molecule has 0 N–H and O–H groups in total. The van der Waals surface area contributed by atoms with Crippen LogP contribution in [0.3, 0.4) is 0 Å². The van der Waals surface area contributed by atoms with Crippen molar-refractivity contribution in [1.29, 1.82) is 0 Å². The molecule has 1 aromatic rings. The molecule has 1 atom stereocenters. The van der Waals surface area contributed by atoms with Gasteiger partial charge in [0.05, 0.1) is 6.26 Å². The van der Waals surface area contributed by atoms with Crippen LogP contribution in [-0.4, -0.2) is 67.6 Å². The molecular formula is C16H23N3O6S2. The Morgan fingerprint density at radius 1 is 1.22 bits per heavy atom. The standard InChI is InChI=1S/C16H23N3O6S2/c1-12(2)10-14-16(21)19(27(24,25)17(14)3)11-18(26(4,22)23)15(20)13-8-6-5-7-9-13/h5-9,12,14H,10-11H2,1-4H3. The third-order valence-corrected chi connectivity index (χ3v) is 7.13. The molecule has 27 heavy (non-hydrogen) atoms. The Morgan fingerprint density at radius 3 is 2.26 bits per heavy atom. The molecule has 0 spiro atoms. The monoisotopic (exact) mass is 417 g/mol. The fourth-order valence-corrected chi connectivity index (χ4v) is 4.98. The number of sulfonamides is 1. The summed E-state index contributed by atoms with van der Waals surface area (Å²) < 4.78 is 51.3. The van der Waals surface area contributed by atoms with Crippen LogP contribution in [0.25, 0.3) is 0 Å². The second-order valence-electron chi connectivity index (χ2n) is 6.78. The van der Waals surface area contributed by atoms with Crippen molar-refractivity contribution in [1.82, 2.24) is 12.9 Å². The van der Waals surface area contributed by atoms with Gasteiger partial charge in [0.2, 0.25) is 10.0 Å². The van der Waals surface area contributed by atoms with Crippen molar-refractivity contribution in [2.75, 3.05) is 20.0 Å². The molecule has 0 saturated carbocycles. The van der Waals surface area contributed by atoms with Crippen molar-refractivity contribution in [3.05, 3.63) is 35.9 Å². The summed E-state index contributed by atoms with van der Waals surface area (Å²) in [6, 6.07) is 6.66. The zero-order valence-electron chi connectivity index (χ0n) is 15.6. The molecule has 1 unspecified atom stereocenters. The van der Waals surface area contributed by atoms with E-state index in [1.807, 2.05) is 13.8 Å². The number of amides is 2. The van der Waals surface area contributed by atoms with Crippen molar-refractivity contribution >= 4 is 32.0 Å². The highest BCUT2D eigenvalue weighted by molar-refractivity contribution is 7.89. The smallest absolute Gasteiger partial charge is 0.272 e. The fraction of sp³-hybridized carbons (Fsp3) is 0.500. The summed E-state index contributed by atoms with van der Waals surface area (Å²) in [7, 11) is -7.08. The van der Waals surface area contributed by atoms with Crippen LogP contribution in [0.4, 0.5) is 0 Å². The lowest BCUT2D eigenvalue weighted by Gasteiger charge is -2.25. The predicted octanol–water partition coefficient (Wildman–Crippen LogP) is 0.479. The van der Waals surface area contributed by atoms with Crippen LogP contribution < -0.4 is 0 Å². The van der Waals surface area contributed by atoms with Crippen LogP contribution in [-0.2, 0) is 25.0 Å². The van der Waals surface area contributed by atoms with Crippen LogP contribution in [0, 0.1) is 5.92 Å². The molecule has 0 radical (unpaired) electrons. The van der Waals surface area contributed by atoms with Gasteiger partial charge in [-0.3, -0.25) is 9.59 Å². The summed E-state index contributed by atoms with van der Waals surface area (Å²) in [5.74, 6) is -1.61. The first-order valence-corrected chi connectivity index (χ1v) is 11.5.